The molecule has 5 rings (SSSR count). The van der Waals surface area contributed by atoms with Crippen molar-refractivity contribution < 1.29 is 19.2 Å². The summed E-state index contributed by atoms with van der Waals surface area (Å²) in [5.41, 5.74) is 3.58. The summed E-state index contributed by atoms with van der Waals surface area (Å²) in [7, 11) is 0. The second kappa shape index (κ2) is 9.24. The number of nitrogens with zero attached hydrogens (tertiary/aromatic N) is 2. The lowest BCUT2D eigenvalue weighted by Crippen LogP contribution is -2.28. The molecule has 0 unspecified atom stereocenters. The van der Waals surface area contributed by atoms with E-state index in [4.69, 9.17) is 23.2 Å². The Kier molecular flexibility index (Phi) is 6.13. The lowest BCUT2D eigenvalue weighted by atomic mass is 9.98. The summed E-state index contributed by atoms with van der Waals surface area (Å²) in [6.07, 6.45) is 0.858. The first-order valence-corrected chi connectivity index (χ1v) is 11.7. The first-order valence-electron chi connectivity index (χ1n) is 10.9. The summed E-state index contributed by atoms with van der Waals surface area (Å²) >= 11 is 12.5. The van der Waals surface area contributed by atoms with E-state index >= 15 is 0 Å². The molecule has 7 nitrogen and oxygen atoms in total. The number of benzene rings is 2. The van der Waals surface area contributed by atoms with Crippen LogP contribution in [0, 0.1) is 0 Å². The molecule has 0 spiro atoms. The zero-order chi connectivity index (χ0) is 24.7. The van der Waals surface area contributed by atoms with Gasteiger partial charge in [0.05, 0.1) is 18.7 Å². The van der Waals surface area contributed by atoms with Gasteiger partial charge in [-0.15, -0.1) is 0 Å². The summed E-state index contributed by atoms with van der Waals surface area (Å²) < 4.78 is 1.38. The van der Waals surface area contributed by atoms with Gasteiger partial charge in [-0.25, -0.2) is 4.79 Å². The molecule has 1 aliphatic heterocycles. The number of pyridine rings is 1. The molecule has 0 saturated carbocycles. The van der Waals surface area contributed by atoms with Gasteiger partial charge >= 0.3 is 5.97 Å². The van der Waals surface area contributed by atoms with Gasteiger partial charge in [-0.3, -0.25) is 14.4 Å². The van der Waals surface area contributed by atoms with E-state index in [1.807, 2.05) is 0 Å². The Hall–Kier alpha value is -3.55. The summed E-state index contributed by atoms with van der Waals surface area (Å²) in [6, 6.07) is 13.3. The molecule has 9 heteroatoms. The van der Waals surface area contributed by atoms with Crippen molar-refractivity contribution in [1.29, 1.82) is 0 Å². The Morgan fingerprint density at radius 1 is 0.971 bits per heavy atom. The zero-order valence-electron chi connectivity index (χ0n) is 18.3. The molecule has 35 heavy (non-hydrogen) atoms. The van der Waals surface area contributed by atoms with E-state index in [1.54, 1.807) is 42.5 Å². The van der Waals surface area contributed by atoms with Gasteiger partial charge in [0.1, 0.15) is 0 Å². The first kappa shape index (κ1) is 23.2. The van der Waals surface area contributed by atoms with Crippen LogP contribution < -0.4 is 5.56 Å². The lowest BCUT2D eigenvalue weighted by molar-refractivity contribution is -0.140. The smallest absolute Gasteiger partial charge is 0.318 e. The van der Waals surface area contributed by atoms with Crippen LogP contribution in [0.4, 0.5) is 0 Å². The van der Waals surface area contributed by atoms with Gasteiger partial charge in [0, 0.05) is 51.3 Å². The molecule has 1 aromatic heterocycles. The number of aromatic nitrogens is 1. The van der Waals surface area contributed by atoms with Crippen molar-refractivity contribution in [3.8, 4) is 11.1 Å². The van der Waals surface area contributed by atoms with E-state index in [0.29, 0.717) is 44.6 Å². The normalized spacial score (nSPS) is 14.6. The number of carbonyl (C=O) groups excluding carboxylic acids is 3. The van der Waals surface area contributed by atoms with Crippen LogP contribution in [0.25, 0.3) is 11.1 Å². The summed E-state index contributed by atoms with van der Waals surface area (Å²) in [4.78, 5) is 54.5. The van der Waals surface area contributed by atoms with Gasteiger partial charge in [0.15, 0.2) is 11.6 Å². The number of hydrogen-bond acceptors (Lipinski definition) is 6. The molecular weight excluding hydrogens is 491 g/mol. The lowest BCUT2D eigenvalue weighted by Gasteiger charge is -2.15. The average Bonchev–Trinajstić information content (AvgIpc) is 3.43. The van der Waals surface area contributed by atoms with E-state index < -0.39 is 5.97 Å². The number of fused-ring (bicyclic) bond motifs is 1. The molecule has 2 aromatic carbocycles. The Bertz CT molecular complexity index is 1490. The van der Waals surface area contributed by atoms with E-state index in [-0.39, 0.29) is 42.9 Å². The van der Waals surface area contributed by atoms with Gasteiger partial charge in [-0.05, 0) is 35.7 Å². The standard InChI is InChI=1S/C26H18Cl2N2O5/c27-16-5-6-20(28)18(10-16)19-11-24(33)30(22-7-8-23(32)26(19)22)13-17(31)9-14-1-3-15(4-2-14)21-12-25(34)35-29-21/h1-6,10-11H,7-9,12-13H2. The van der Waals surface area contributed by atoms with Crippen LogP contribution in [-0.4, -0.2) is 27.8 Å². The summed E-state index contributed by atoms with van der Waals surface area (Å²) in [6.45, 7) is -0.144. The van der Waals surface area contributed by atoms with Crippen molar-refractivity contribution >= 4 is 46.4 Å². The fraction of sp³-hybridized carbons (Fsp3) is 0.192. The molecule has 0 radical (unpaired) electrons. The van der Waals surface area contributed by atoms with Gasteiger partial charge < -0.3 is 9.40 Å². The Balaban J connectivity index is 1.40. The minimum Gasteiger partial charge on any atom is -0.318 e. The average molecular weight is 509 g/mol. The number of ketones is 2. The largest absolute Gasteiger partial charge is 0.341 e. The fourth-order valence-electron chi connectivity index (χ4n) is 4.45. The molecular formula is C26H18Cl2N2O5. The fourth-order valence-corrected chi connectivity index (χ4v) is 4.84. The summed E-state index contributed by atoms with van der Waals surface area (Å²) in [5, 5.41) is 4.56. The quantitative estimate of drug-likeness (QED) is 0.459. The highest BCUT2D eigenvalue weighted by molar-refractivity contribution is 6.35. The van der Waals surface area contributed by atoms with E-state index in [1.165, 1.54) is 10.6 Å². The number of oxime groups is 1. The monoisotopic (exact) mass is 508 g/mol. The van der Waals surface area contributed by atoms with Crippen LogP contribution in [0.1, 0.15) is 40.0 Å². The van der Waals surface area contributed by atoms with Crippen LogP contribution in [0.3, 0.4) is 0 Å². The molecule has 2 heterocycles. The van der Waals surface area contributed by atoms with Crippen molar-refractivity contribution in [2.75, 3.05) is 0 Å². The highest BCUT2D eigenvalue weighted by Gasteiger charge is 2.29. The molecule has 0 saturated heterocycles. The third kappa shape index (κ3) is 4.57. The van der Waals surface area contributed by atoms with Crippen molar-refractivity contribution in [3.63, 3.8) is 0 Å². The molecule has 0 N–H and O–H groups in total. The van der Waals surface area contributed by atoms with Crippen molar-refractivity contribution in [1.82, 2.24) is 4.57 Å². The third-order valence-corrected chi connectivity index (χ3v) is 6.66. The minimum absolute atomic E-state index is 0.0971. The second-order valence-corrected chi connectivity index (χ2v) is 9.29. The molecule has 2 aliphatic rings. The van der Waals surface area contributed by atoms with Gasteiger partial charge in [0.2, 0.25) is 0 Å². The minimum atomic E-state index is -0.403. The van der Waals surface area contributed by atoms with Crippen LogP contribution >= 0.6 is 23.2 Å². The van der Waals surface area contributed by atoms with Crippen molar-refractivity contribution in [3.05, 3.63) is 91.3 Å². The predicted octanol–water partition coefficient (Wildman–Crippen LogP) is 4.41. The number of carbonyl (C=O) groups is 3. The summed E-state index contributed by atoms with van der Waals surface area (Å²) in [5.74, 6) is -0.675. The maximum atomic E-state index is 13.1. The number of halogens is 2. The maximum absolute atomic E-state index is 13.1. The number of Topliss-reactive ketones (excluding diaryl/α,β-unsaturated/α-hetero) is 2. The third-order valence-electron chi connectivity index (χ3n) is 6.10. The molecule has 0 atom stereocenters. The Morgan fingerprint density at radius 3 is 2.46 bits per heavy atom. The van der Waals surface area contributed by atoms with Gasteiger partial charge in [-0.1, -0.05) is 52.6 Å². The Morgan fingerprint density at radius 2 is 1.74 bits per heavy atom. The maximum Gasteiger partial charge on any atom is 0.341 e. The highest BCUT2D eigenvalue weighted by Crippen LogP contribution is 2.36. The molecule has 3 aromatic rings. The van der Waals surface area contributed by atoms with Crippen LogP contribution in [0.15, 0.2) is 58.5 Å². The SMILES string of the molecule is O=C(Cc1ccc(C2=NOC(=O)C2)cc1)Cn1c2c(c(-c3cc(Cl)ccc3Cl)cc1=O)C(=O)CC2. The van der Waals surface area contributed by atoms with Gasteiger partial charge in [-0.2, -0.15) is 0 Å². The molecule has 0 amide bonds. The van der Waals surface area contributed by atoms with Crippen LogP contribution in [0.2, 0.25) is 10.0 Å². The van der Waals surface area contributed by atoms with Gasteiger partial charge in [0.25, 0.3) is 5.56 Å². The van der Waals surface area contributed by atoms with E-state index in [2.05, 4.69) is 9.99 Å². The van der Waals surface area contributed by atoms with Crippen molar-refractivity contribution in [2.45, 2.75) is 32.2 Å². The number of rotatable bonds is 6. The van der Waals surface area contributed by atoms with Crippen LogP contribution in [0.5, 0.6) is 0 Å². The molecule has 176 valence electrons. The van der Waals surface area contributed by atoms with Crippen LogP contribution in [-0.2, 0) is 33.8 Å². The molecule has 0 bridgehead atoms. The van der Waals surface area contributed by atoms with E-state index in [0.717, 1.165) is 11.1 Å². The predicted molar refractivity (Wildman–Crippen MR) is 131 cm³/mol. The first-order chi connectivity index (χ1) is 16.8. The highest BCUT2D eigenvalue weighted by atomic mass is 35.5. The zero-order valence-corrected chi connectivity index (χ0v) is 19.9. The second-order valence-electron chi connectivity index (χ2n) is 8.44. The molecule has 1 aliphatic carbocycles. The topological polar surface area (TPSA) is 94.8 Å². The molecule has 0 fully saturated rings. The van der Waals surface area contributed by atoms with E-state index in [9.17, 15) is 19.2 Å². The van der Waals surface area contributed by atoms with Crippen molar-refractivity contribution in [2.24, 2.45) is 5.16 Å². The Labute approximate surface area is 209 Å². The number of hydrogen-bond donors (Lipinski definition) is 0.